The molecule has 9 heteroatoms. The number of carbonyl (C=O) groups is 2. The lowest BCUT2D eigenvalue weighted by Gasteiger charge is -2.09. The molecule has 2 rings (SSSR count). The molecule has 28 heavy (non-hydrogen) atoms. The second kappa shape index (κ2) is 10.2. The molecule has 0 aliphatic carbocycles. The van der Waals surface area contributed by atoms with Gasteiger partial charge in [0.2, 0.25) is 11.8 Å². The molecule has 2 N–H and O–H groups in total. The average molecular weight is 396 g/mol. The SMILES string of the molecule is COc1ccc(OCCCC(=O)NCC(=O)Nc2ccc(F)c(F)c2F)cc1. The molecule has 0 saturated carbocycles. The molecule has 0 fully saturated rings. The Morgan fingerprint density at radius 2 is 1.61 bits per heavy atom. The lowest BCUT2D eigenvalue weighted by Crippen LogP contribution is -2.33. The number of hydrogen-bond acceptors (Lipinski definition) is 4. The van der Waals surface area contributed by atoms with Crippen LogP contribution in [0.1, 0.15) is 12.8 Å². The topological polar surface area (TPSA) is 76.7 Å². The molecule has 0 bridgehead atoms. The maximum Gasteiger partial charge on any atom is 0.243 e. The van der Waals surface area contributed by atoms with Crippen LogP contribution in [0.25, 0.3) is 0 Å². The highest BCUT2D eigenvalue weighted by Crippen LogP contribution is 2.19. The van der Waals surface area contributed by atoms with E-state index in [-0.39, 0.29) is 6.42 Å². The van der Waals surface area contributed by atoms with Crippen LogP contribution >= 0.6 is 0 Å². The van der Waals surface area contributed by atoms with E-state index in [1.807, 2.05) is 0 Å². The molecule has 0 atom stereocenters. The van der Waals surface area contributed by atoms with E-state index < -0.39 is 41.5 Å². The van der Waals surface area contributed by atoms with Crippen molar-refractivity contribution in [2.45, 2.75) is 12.8 Å². The number of amides is 2. The lowest BCUT2D eigenvalue weighted by atomic mass is 10.2. The molecule has 6 nitrogen and oxygen atoms in total. The smallest absolute Gasteiger partial charge is 0.243 e. The molecular formula is C19H19F3N2O4. The molecule has 0 unspecified atom stereocenters. The summed E-state index contributed by atoms with van der Waals surface area (Å²) in [6.45, 7) is -0.136. The predicted molar refractivity (Wildman–Crippen MR) is 95.7 cm³/mol. The van der Waals surface area contributed by atoms with Gasteiger partial charge in [-0.25, -0.2) is 13.2 Å². The van der Waals surface area contributed by atoms with Crippen molar-refractivity contribution in [2.75, 3.05) is 25.6 Å². The maximum absolute atomic E-state index is 13.5. The summed E-state index contributed by atoms with van der Waals surface area (Å²) in [5.41, 5.74) is -0.508. The zero-order chi connectivity index (χ0) is 20.5. The molecule has 2 aromatic rings. The number of benzene rings is 2. The number of methoxy groups -OCH3 is 1. The van der Waals surface area contributed by atoms with E-state index in [2.05, 4.69) is 10.6 Å². The highest BCUT2D eigenvalue weighted by molar-refractivity contribution is 5.94. The van der Waals surface area contributed by atoms with Crippen LogP contribution in [0.3, 0.4) is 0 Å². The zero-order valence-electron chi connectivity index (χ0n) is 15.1. The summed E-state index contributed by atoms with van der Waals surface area (Å²) in [7, 11) is 1.56. The van der Waals surface area contributed by atoms with Crippen molar-refractivity contribution in [1.29, 1.82) is 0 Å². The number of carbonyl (C=O) groups excluding carboxylic acids is 2. The Hall–Kier alpha value is -3.23. The van der Waals surface area contributed by atoms with Gasteiger partial charge in [0.25, 0.3) is 0 Å². The zero-order valence-corrected chi connectivity index (χ0v) is 15.1. The fraction of sp³-hybridized carbons (Fsp3) is 0.263. The third kappa shape index (κ3) is 6.19. The van der Waals surface area contributed by atoms with Crippen LogP contribution in [0.5, 0.6) is 11.5 Å². The number of ether oxygens (including phenoxy) is 2. The van der Waals surface area contributed by atoms with E-state index in [0.717, 1.165) is 6.07 Å². The lowest BCUT2D eigenvalue weighted by molar-refractivity contribution is -0.124. The Balaban J connectivity index is 1.66. The maximum atomic E-state index is 13.5. The Bertz CT molecular complexity index is 829. The van der Waals surface area contributed by atoms with E-state index in [1.54, 1.807) is 31.4 Å². The van der Waals surface area contributed by atoms with Gasteiger partial charge in [0.15, 0.2) is 17.5 Å². The molecule has 0 aromatic heterocycles. The van der Waals surface area contributed by atoms with Gasteiger partial charge < -0.3 is 20.1 Å². The highest BCUT2D eigenvalue weighted by Gasteiger charge is 2.15. The highest BCUT2D eigenvalue weighted by atomic mass is 19.2. The first kappa shape index (κ1) is 21.1. The van der Waals surface area contributed by atoms with Crippen LogP contribution in [-0.2, 0) is 9.59 Å². The first-order chi connectivity index (χ1) is 13.4. The molecular weight excluding hydrogens is 377 g/mol. The summed E-state index contributed by atoms with van der Waals surface area (Å²) in [4.78, 5) is 23.4. The summed E-state index contributed by atoms with van der Waals surface area (Å²) in [6, 6.07) is 8.55. The molecule has 0 aliphatic rings. The largest absolute Gasteiger partial charge is 0.497 e. The van der Waals surface area contributed by atoms with E-state index >= 15 is 0 Å². The third-order valence-corrected chi connectivity index (χ3v) is 3.63. The Morgan fingerprint density at radius 3 is 2.29 bits per heavy atom. The second-order valence-electron chi connectivity index (χ2n) is 5.68. The molecule has 0 spiro atoms. The van der Waals surface area contributed by atoms with Gasteiger partial charge in [-0.1, -0.05) is 0 Å². The third-order valence-electron chi connectivity index (χ3n) is 3.63. The molecule has 0 saturated heterocycles. The standard InChI is InChI=1S/C19H19F3N2O4/c1-27-12-4-6-13(7-5-12)28-10-2-3-16(25)23-11-17(26)24-15-9-8-14(20)18(21)19(15)22/h4-9H,2-3,10-11H2,1H3,(H,23,25)(H,24,26). The van der Waals surface area contributed by atoms with Crippen LogP contribution in [0, 0.1) is 17.5 Å². The van der Waals surface area contributed by atoms with Crippen molar-refractivity contribution < 1.29 is 32.2 Å². The molecule has 2 aromatic carbocycles. The van der Waals surface area contributed by atoms with E-state index in [1.165, 1.54) is 0 Å². The summed E-state index contributed by atoms with van der Waals surface area (Å²) in [5.74, 6) is -4.39. The predicted octanol–water partition coefficient (Wildman–Crippen LogP) is 3.03. The summed E-state index contributed by atoms with van der Waals surface area (Å²) in [6.07, 6.45) is 0.528. The number of hydrogen-bond donors (Lipinski definition) is 2. The van der Waals surface area contributed by atoms with Crippen molar-refractivity contribution in [3.8, 4) is 11.5 Å². The number of rotatable bonds is 9. The minimum Gasteiger partial charge on any atom is -0.497 e. The molecule has 2 amide bonds. The minimum atomic E-state index is -1.68. The van der Waals surface area contributed by atoms with Crippen molar-refractivity contribution in [2.24, 2.45) is 0 Å². The summed E-state index contributed by atoms with van der Waals surface area (Å²) in [5, 5.41) is 4.41. The molecule has 0 heterocycles. The van der Waals surface area contributed by atoms with E-state index in [4.69, 9.17) is 9.47 Å². The van der Waals surface area contributed by atoms with Gasteiger partial charge in [0, 0.05) is 6.42 Å². The number of nitrogens with one attached hydrogen (secondary N) is 2. The Kier molecular flexibility index (Phi) is 7.67. The Morgan fingerprint density at radius 1 is 0.929 bits per heavy atom. The van der Waals surface area contributed by atoms with Crippen molar-refractivity contribution in [3.63, 3.8) is 0 Å². The van der Waals surface area contributed by atoms with Crippen molar-refractivity contribution in [1.82, 2.24) is 5.32 Å². The van der Waals surface area contributed by atoms with Crippen LogP contribution < -0.4 is 20.1 Å². The second-order valence-corrected chi connectivity index (χ2v) is 5.68. The van der Waals surface area contributed by atoms with Crippen LogP contribution in [0.2, 0.25) is 0 Å². The first-order valence-electron chi connectivity index (χ1n) is 8.37. The number of anilines is 1. The summed E-state index contributed by atoms with van der Waals surface area (Å²) >= 11 is 0. The van der Waals surface area contributed by atoms with Crippen LogP contribution in [0.4, 0.5) is 18.9 Å². The monoisotopic (exact) mass is 396 g/mol. The molecule has 150 valence electrons. The first-order valence-corrected chi connectivity index (χ1v) is 8.37. The van der Waals surface area contributed by atoms with Gasteiger partial charge in [0.1, 0.15) is 11.5 Å². The van der Waals surface area contributed by atoms with E-state index in [0.29, 0.717) is 30.6 Å². The molecule has 0 aliphatic heterocycles. The quantitative estimate of drug-likeness (QED) is 0.505. The fourth-order valence-corrected chi connectivity index (χ4v) is 2.18. The van der Waals surface area contributed by atoms with Gasteiger partial charge in [-0.05, 0) is 42.8 Å². The fourth-order valence-electron chi connectivity index (χ4n) is 2.18. The summed E-state index contributed by atoms with van der Waals surface area (Å²) < 4.78 is 49.9. The van der Waals surface area contributed by atoms with Gasteiger partial charge in [0.05, 0.1) is 25.9 Å². The van der Waals surface area contributed by atoms with Crippen molar-refractivity contribution in [3.05, 3.63) is 53.8 Å². The van der Waals surface area contributed by atoms with Crippen LogP contribution in [-0.4, -0.2) is 32.1 Å². The van der Waals surface area contributed by atoms with E-state index in [9.17, 15) is 22.8 Å². The average Bonchev–Trinajstić information content (AvgIpc) is 2.70. The van der Waals surface area contributed by atoms with Gasteiger partial charge >= 0.3 is 0 Å². The molecule has 0 radical (unpaired) electrons. The number of halogens is 3. The minimum absolute atomic E-state index is 0.114. The van der Waals surface area contributed by atoms with Gasteiger partial charge in [-0.15, -0.1) is 0 Å². The van der Waals surface area contributed by atoms with Gasteiger partial charge in [-0.2, -0.15) is 0 Å². The van der Waals surface area contributed by atoms with Gasteiger partial charge in [-0.3, -0.25) is 9.59 Å². The normalized spacial score (nSPS) is 10.3. The van der Waals surface area contributed by atoms with Crippen molar-refractivity contribution >= 4 is 17.5 Å². The van der Waals surface area contributed by atoms with Crippen LogP contribution in [0.15, 0.2) is 36.4 Å². The Labute approximate surface area is 159 Å².